The molecule has 1 aliphatic rings. The molecule has 0 spiro atoms. The van der Waals surface area contributed by atoms with Crippen molar-refractivity contribution in [1.29, 1.82) is 0 Å². The number of nitrogens with one attached hydrogen (secondary N) is 1. The predicted molar refractivity (Wildman–Crippen MR) is 112 cm³/mol. The van der Waals surface area contributed by atoms with Crippen LogP contribution in [0.3, 0.4) is 0 Å². The van der Waals surface area contributed by atoms with E-state index in [-0.39, 0.29) is 5.91 Å². The molecular formula is C23H22N4O2. The molecule has 3 heterocycles. The summed E-state index contributed by atoms with van der Waals surface area (Å²) in [4.78, 5) is 18.5. The Hall–Kier alpha value is -3.54. The normalized spacial score (nSPS) is 13.5. The van der Waals surface area contributed by atoms with E-state index in [1.54, 1.807) is 17.9 Å². The highest BCUT2D eigenvalue weighted by Crippen LogP contribution is 2.28. The Balaban J connectivity index is 1.43. The number of hydrogen-bond acceptors (Lipinski definition) is 3. The Bertz CT molecular complexity index is 1220. The molecule has 4 aromatic rings. The summed E-state index contributed by atoms with van der Waals surface area (Å²) in [5.41, 5.74) is 5.93. The lowest BCUT2D eigenvalue weighted by molar-refractivity contribution is 0.0728. The number of benzene rings is 2. The van der Waals surface area contributed by atoms with Crippen LogP contribution < -0.4 is 4.74 Å². The molecule has 0 bridgehead atoms. The van der Waals surface area contributed by atoms with Gasteiger partial charge in [0, 0.05) is 47.9 Å². The number of aromatic nitrogens is 3. The average Bonchev–Trinajstić information content (AvgIpc) is 3.38. The van der Waals surface area contributed by atoms with E-state index in [0.717, 1.165) is 28.9 Å². The number of carbonyl (C=O) groups excluding carboxylic acids is 1. The van der Waals surface area contributed by atoms with Gasteiger partial charge in [0.1, 0.15) is 11.4 Å². The van der Waals surface area contributed by atoms with Crippen LogP contribution in [-0.2, 0) is 13.0 Å². The fourth-order valence-corrected chi connectivity index (χ4v) is 4.05. The Kier molecular flexibility index (Phi) is 4.12. The highest BCUT2D eigenvalue weighted by Gasteiger charge is 2.26. The van der Waals surface area contributed by atoms with Gasteiger partial charge in [-0.3, -0.25) is 4.79 Å². The van der Waals surface area contributed by atoms with Gasteiger partial charge in [-0.25, -0.2) is 4.68 Å². The van der Waals surface area contributed by atoms with Crippen LogP contribution in [0.4, 0.5) is 0 Å². The van der Waals surface area contributed by atoms with Gasteiger partial charge in [0.25, 0.3) is 5.91 Å². The second kappa shape index (κ2) is 6.81. The van der Waals surface area contributed by atoms with Crippen molar-refractivity contribution < 1.29 is 9.53 Å². The average molecular weight is 386 g/mol. The molecule has 0 aliphatic carbocycles. The third-order valence-corrected chi connectivity index (χ3v) is 5.56. The molecule has 1 N–H and O–H groups in total. The number of amides is 1. The molecule has 6 heteroatoms. The van der Waals surface area contributed by atoms with Crippen molar-refractivity contribution in [2.75, 3.05) is 13.7 Å². The fourth-order valence-electron chi connectivity index (χ4n) is 4.05. The van der Waals surface area contributed by atoms with E-state index < -0.39 is 0 Å². The number of para-hydroxylation sites is 1. The van der Waals surface area contributed by atoms with Crippen molar-refractivity contribution in [3.8, 4) is 11.4 Å². The first-order valence-electron chi connectivity index (χ1n) is 9.72. The maximum absolute atomic E-state index is 13.1. The predicted octanol–water partition coefficient (Wildman–Crippen LogP) is 3.87. The van der Waals surface area contributed by atoms with Gasteiger partial charge in [-0.2, -0.15) is 5.10 Å². The van der Waals surface area contributed by atoms with Gasteiger partial charge in [-0.1, -0.05) is 24.3 Å². The van der Waals surface area contributed by atoms with E-state index in [1.807, 2.05) is 48.4 Å². The zero-order valence-electron chi connectivity index (χ0n) is 16.5. The Morgan fingerprint density at radius 1 is 1.17 bits per heavy atom. The SMILES string of the molecule is COc1ccc(C)cc1-n1ccc(C(=O)N2CCc3[nH]c4ccccc4c3C2)n1. The minimum absolute atomic E-state index is 0.0497. The zero-order chi connectivity index (χ0) is 20.0. The standard InChI is InChI=1S/C23H22N4O2/c1-15-7-8-22(29-2)21(13-15)27-12-10-20(25-27)23(28)26-11-9-19-17(14-26)16-5-3-4-6-18(16)24-19/h3-8,10,12-13,24H,9,11,14H2,1-2H3. The number of H-pyrrole nitrogens is 1. The molecule has 6 nitrogen and oxygen atoms in total. The highest BCUT2D eigenvalue weighted by molar-refractivity contribution is 5.93. The molecule has 0 unspecified atom stereocenters. The van der Waals surface area contributed by atoms with Crippen molar-refractivity contribution in [1.82, 2.24) is 19.7 Å². The van der Waals surface area contributed by atoms with Crippen molar-refractivity contribution in [3.63, 3.8) is 0 Å². The van der Waals surface area contributed by atoms with Crippen molar-refractivity contribution in [2.45, 2.75) is 19.9 Å². The molecule has 0 fully saturated rings. The summed E-state index contributed by atoms with van der Waals surface area (Å²) in [5.74, 6) is 0.672. The van der Waals surface area contributed by atoms with Gasteiger partial charge in [-0.05, 0) is 36.8 Å². The molecule has 0 radical (unpaired) electrons. The summed E-state index contributed by atoms with van der Waals surface area (Å²) < 4.78 is 7.16. The van der Waals surface area contributed by atoms with Crippen LogP contribution in [0.5, 0.6) is 5.75 Å². The summed E-state index contributed by atoms with van der Waals surface area (Å²) in [6.07, 6.45) is 2.63. The Morgan fingerprint density at radius 2 is 2.03 bits per heavy atom. The largest absolute Gasteiger partial charge is 0.494 e. The number of nitrogens with zero attached hydrogens (tertiary/aromatic N) is 3. The first kappa shape index (κ1) is 17.6. The molecule has 2 aromatic carbocycles. The number of aryl methyl sites for hydroxylation is 1. The number of rotatable bonds is 3. The van der Waals surface area contributed by atoms with Crippen molar-refractivity contribution >= 4 is 16.8 Å². The lowest BCUT2D eigenvalue weighted by Gasteiger charge is -2.26. The lowest BCUT2D eigenvalue weighted by Crippen LogP contribution is -2.36. The summed E-state index contributed by atoms with van der Waals surface area (Å²) >= 11 is 0. The molecule has 1 aliphatic heterocycles. The van der Waals surface area contributed by atoms with Gasteiger partial charge in [0.2, 0.25) is 0 Å². The maximum Gasteiger partial charge on any atom is 0.274 e. The number of ether oxygens (including phenoxy) is 1. The third-order valence-electron chi connectivity index (χ3n) is 5.56. The second-order valence-corrected chi connectivity index (χ2v) is 7.43. The van der Waals surface area contributed by atoms with E-state index in [0.29, 0.717) is 18.8 Å². The zero-order valence-corrected chi connectivity index (χ0v) is 16.5. The minimum Gasteiger partial charge on any atom is -0.494 e. The van der Waals surface area contributed by atoms with E-state index in [9.17, 15) is 4.79 Å². The molecule has 1 amide bonds. The van der Waals surface area contributed by atoms with Gasteiger partial charge in [0.15, 0.2) is 5.69 Å². The topological polar surface area (TPSA) is 63.1 Å². The van der Waals surface area contributed by atoms with Gasteiger partial charge < -0.3 is 14.6 Å². The van der Waals surface area contributed by atoms with Crippen LogP contribution in [0.1, 0.15) is 27.3 Å². The molecule has 146 valence electrons. The van der Waals surface area contributed by atoms with Gasteiger partial charge in [0.05, 0.1) is 7.11 Å². The molecule has 29 heavy (non-hydrogen) atoms. The Morgan fingerprint density at radius 3 is 2.90 bits per heavy atom. The summed E-state index contributed by atoms with van der Waals surface area (Å²) in [7, 11) is 1.64. The summed E-state index contributed by atoms with van der Waals surface area (Å²) in [6, 6.07) is 15.9. The first-order chi connectivity index (χ1) is 14.1. The Labute approximate surface area is 168 Å². The van der Waals surface area contributed by atoms with E-state index in [1.165, 1.54) is 16.6 Å². The van der Waals surface area contributed by atoms with Crippen molar-refractivity contribution in [2.24, 2.45) is 0 Å². The first-order valence-corrected chi connectivity index (χ1v) is 9.72. The smallest absolute Gasteiger partial charge is 0.274 e. The van der Waals surface area contributed by atoms with Gasteiger partial charge in [-0.15, -0.1) is 0 Å². The second-order valence-electron chi connectivity index (χ2n) is 7.43. The van der Waals surface area contributed by atoms with Crippen LogP contribution in [0.15, 0.2) is 54.7 Å². The number of carbonyl (C=O) groups is 1. The van der Waals surface area contributed by atoms with Crippen LogP contribution in [0, 0.1) is 6.92 Å². The summed E-state index contributed by atoms with van der Waals surface area (Å²) in [5, 5.41) is 5.74. The number of hydrogen-bond donors (Lipinski definition) is 1. The molecule has 0 saturated carbocycles. The lowest BCUT2D eigenvalue weighted by atomic mass is 10.0. The number of methoxy groups -OCH3 is 1. The molecule has 2 aromatic heterocycles. The molecule has 0 atom stereocenters. The van der Waals surface area contributed by atoms with E-state index in [2.05, 4.69) is 22.2 Å². The minimum atomic E-state index is -0.0497. The highest BCUT2D eigenvalue weighted by atomic mass is 16.5. The quantitative estimate of drug-likeness (QED) is 0.581. The maximum atomic E-state index is 13.1. The molecule has 5 rings (SSSR count). The van der Waals surface area contributed by atoms with Crippen LogP contribution in [0.2, 0.25) is 0 Å². The van der Waals surface area contributed by atoms with E-state index >= 15 is 0 Å². The molecular weight excluding hydrogens is 364 g/mol. The number of fused-ring (bicyclic) bond motifs is 3. The van der Waals surface area contributed by atoms with Crippen LogP contribution in [0.25, 0.3) is 16.6 Å². The van der Waals surface area contributed by atoms with Gasteiger partial charge >= 0.3 is 0 Å². The van der Waals surface area contributed by atoms with E-state index in [4.69, 9.17) is 4.74 Å². The summed E-state index contributed by atoms with van der Waals surface area (Å²) in [6.45, 7) is 3.29. The fraction of sp³-hybridized carbons (Fsp3) is 0.217. The molecule has 0 saturated heterocycles. The monoisotopic (exact) mass is 386 g/mol. The third kappa shape index (κ3) is 2.97. The van der Waals surface area contributed by atoms with Crippen molar-refractivity contribution in [3.05, 3.63) is 77.2 Å². The van der Waals surface area contributed by atoms with Crippen LogP contribution in [-0.4, -0.2) is 39.2 Å². The van der Waals surface area contributed by atoms with Crippen LogP contribution >= 0.6 is 0 Å². The number of aromatic amines is 1.